The van der Waals surface area contributed by atoms with E-state index in [-0.39, 0.29) is 10.9 Å². The monoisotopic (exact) mass is 382 g/mol. The van der Waals surface area contributed by atoms with Gasteiger partial charge < -0.3 is 10.6 Å². The number of amides is 1. The minimum atomic E-state index is -0.354. The molecule has 1 aromatic heterocycles. The first kappa shape index (κ1) is 17.7. The quantitative estimate of drug-likeness (QED) is 0.645. The fraction of sp³-hybridized carbons (Fsp3) is 0. The molecule has 5 nitrogen and oxygen atoms in total. The van der Waals surface area contributed by atoms with Crippen LogP contribution >= 0.6 is 23.2 Å². The fourth-order valence-electron chi connectivity index (χ4n) is 2.26. The van der Waals surface area contributed by atoms with Crippen LogP contribution in [0.4, 0.5) is 17.2 Å². The lowest BCUT2D eigenvalue weighted by molar-refractivity contribution is 0.102. The summed E-state index contributed by atoms with van der Waals surface area (Å²) in [5.74, 6) is 0.0886. The van der Waals surface area contributed by atoms with Gasteiger partial charge in [0.1, 0.15) is 11.9 Å². The topological polar surface area (TPSA) is 77.8 Å². The molecule has 7 heteroatoms. The molecule has 0 saturated heterocycles. The van der Waals surface area contributed by atoms with Crippen molar-refractivity contribution in [2.24, 2.45) is 0 Å². The van der Waals surface area contributed by atoms with Crippen molar-refractivity contribution in [1.29, 1.82) is 5.26 Å². The van der Waals surface area contributed by atoms with Crippen molar-refractivity contribution in [2.75, 3.05) is 10.6 Å². The van der Waals surface area contributed by atoms with E-state index < -0.39 is 0 Å². The average molecular weight is 383 g/mol. The third-order valence-corrected chi connectivity index (χ3v) is 4.35. The van der Waals surface area contributed by atoms with Gasteiger partial charge in [0, 0.05) is 11.8 Å². The fourth-order valence-corrected chi connectivity index (χ4v) is 2.61. The van der Waals surface area contributed by atoms with E-state index in [0.29, 0.717) is 33.3 Å². The Labute approximate surface area is 160 Å². The van der Waals surface area contributed by atoms with Crippen LogP contribution in [-0.4, -0.2) is 10.9 Å². The molecule has 0 atom stereocenters. The van der Waals surface area contributed by atoms with Crippen molar-refractivity contribution in [2.45, 2.75) is 0 Å². The summed E-state index contributed by atoms with van der Waals surface area (Å²) < 4.78 is 0. The zero-order valence-corrected chi connectivity index (χ0v) is 14.8. The number of carbonyl (C=O) groups excluding carboxylic acids is 1. The first-order valence-electron chi connectivity index (χ1n) is 7.56. The van der Waals surface area contributed by atoms with Crippen molar-refractivity contribution in [3.8, 4) is 6.07 Å². The van der Waals surface area contributed by atoms with Gasteiger partial charge in [0.15, 0.2) is 0 Å². The summed E-state index contributed by atoms with van der Waals surface area (Å²) in [6.45, 7) is 0. The highest BCUT2D eigenvalue weighted by Crippen LogP contribution is 2.30. The number of anilines is 3. The summed E-state index contributed by atoms with van der Waals surface area (Å²) in [5.41, 5.74) is 1.89. The van der Waals surface area contributed by atoms with E-state index in [1.54, 1.807) is 54.6 Å². The van der Waals surface area contributed by atoms with Gasteiger partial charge in [-0.2, -0.15) is 5.26 Å². The normalized spacial score (nSPS) is 10.0. The van der Waals surface area contributed by atoms with Crippen LogP contribution in [0.25, 0.3) is 0 Å². The maximum atomic E-state index is 12.5. The molecule has 1 heterocycles. The molecular formula is C19H12Cl2N4O. The average Bonchev–Trinajstić information content (AvgIpc) is 2.66. The van der Waals surface area contributed by atoms with Crippen LogP contribution < -0.4 is 10.6 Å². The van der Waals surface area contributed by atoms with Gasteiger partial charge >= 0.3 is 0 Å². The van der Waals surface area contributed by atoms with E-state index in [4.69, 9.17) is 28.5 Å². The minimum Gasteiger partial charge on any atom is -0.339 e. The Bertz CT molecular complexity index is 1010. The van der Waals surface area contributed by atoms with Gasteiger partial charge in [-0.25, -0.2) is 4.98 Å². The van der Waals surface area contributed by atoms with E-state index in [2.05, 4.69) is 21.7 Å². The SMILES string of the molecule is N#Cc1ccccc1Nc1cc(C(=O)Nc2cccc(Cl)c2Cl)ccn1. The van der Waals surface area contributed by atoms with Crippen LogP contribution in [0.1, 0.15) is 15.9 Å². The van der Waals surface area contributed by atoms with Crippen LogP contribution in [0.15, 0.2) is 60.8 Å². The number of halogens is 2. The van der Waals surface area contributed by atoms with E-state index in [1.807, 2.05) is 0 Å². The Morgan fingerprint density at radius 3 is 2.62 bits per heavy atom. The second-order valence-electron chi connectivity index (χ2n) is 5.27. The van der Waals surface area contributed by atoms with Crippen molar-refractivity contribution in [3.05, 3.63) is 82.0 Å². The molecule has 0 spiro atoms. The van der Waals surface area contributed by atoms with E-state index in [9.17, 15) is 4.79 Å². The van der Waals surface area contributed by atoms with Crippen molar-refractivity contribution >= 4 is 46.3 Å². The Morgan fingerprint density at radius 1 is 1.04 bits per heavy atom. The van der Waals surface area contributed by atoms with Crippen LogP contribution in [0.3, 0.4) is 0 Å². The zero-order valence-electron chi connectivity index (χ0n) is 13.3. The molecular weight excluding hydrogens is 371 g/mol. The van der Waals surface area contributed by atoms with Gasteiger partial charge in [-0.15, -0.1) is 0 Å². The number of nitrogens with one attached hydrogen (secondary N) is 2. The highest BCUT2D eigenvalue weighted by atomic mass is 35.5. The smallest absolute Gasteiger partial charge is 0.255 e. The molecule has 0 saturated carbocycles. The molecule has 26 heavy (non-hydrogen) atoms. The Kier molecular flexibility index (Phi) is 5.37. The standard InChI is InChI=1S/C19H12Cl2N4O/c20-14-5-3-7-16(18(14)21)25-19(26)12-8-9-23-17(10-12)24-15-6-2-1-4-13(15)11-22/h1-10H,(H,23,24)(H,25,26). The molecule has 2 N–H and O–H groups in total. The Morgan fingerprint density at radius 2 is 1.81 bits per heavy atom. The zero-order chi connectivity index (χ0) is 18.5. The first-order valence-corrected chi connectivity index (χ1v) is 8.31. The summed E-state index contributed by atoms with van der Waals surface area (Å²) in [6.07, 6.45) is 1.51. The first-order chi connectivity index (χ1) is 12.6. The molecule has 2 aromatic carbocycles. The Hall–Kier alpha value is -3.07. The molecule has 0 aliphatic rings. The van der Waals surface area contributed by atoms with Gasteiger partial charge in [-0.1, -0.05) is 41.4 Å². The predicted octanol–water partition coefficient (Wildman–Crippen LogP) is 5.26. The summed E-state index contributed by atoms with van der Waals surface area (Å²) in [5, 5.41) is 15.5. The molecule has 0 aliphatic carbocycles. The number of benzene rings is 2. The lowest BCUT2D eigenvalue weighted by atomic mass is 10.2. The van der Waals surface area contributed by atoms with Gasteiger partial charge in [0.2, 0.25) is 0 Å². The third-order valence-electron chi connectivity index (χ3n) is 3.53. The third kappa shape index (κ3) is 3.94. The number of hydrogen-bond donors (Lipinski definition) is 2. The molecule has 0 fully saturated rings. The number of pyridine rings is 1. The van der Waals surface area contributed by atoms with Gasteiger partial charge in [0.25, 0.3) is 5.91 Å². The number of nitriles is 1. The lowest BCUT2D eigenvalue weighted by Crippen LogP contribution is -2.13. The van der Waals surface area contributed by atoms with E-state index >= 15 is 0 Å². The second-order valence-corrected chi connectivity index (χ2v) is 6.05. The van der Waals surface area contributed by atoms with E-state index in [1.165, 1.54) is 6.20 Å². The highest BCUT2D eigenvalue weighted by Gasteiger charge is 2.11. The number of aromatic nitrogens is 1. The molecule has 0 radical (unpaired) electrons. The highest BCUT2D eigenvalue weighted by molar-refractivity contribution is 6.44. The van der Waals surface area contributed by atoms with Crippen molar-refractivity contribution in [3.63, 3.8) is 0 Å². The van der Waals surface area contributed by atoms with Gasteiger partial charge in [-0.05, 0) is 36.4 Å². The Balaban J connectivity index is 1.82. The molecule has 128 valence electrons. The van der Waals surface area contributed by atoms with Crippen molar-refractivity contribution in [1.82, 2.24) is 4.98 Å². The van der Waals surface area contributed by atoms with Crippen LogP contribution in [0.2, 0.25) is 10.0 Å². The number of para-hydroxylation sites is 1. The van der Waals surface area contributed by atoms with Crippen molar-refractivity contribution < 1.29 is 4.79 Å². The lowest BCUT2D eigenvalue weighted by Gasteiger charge is -2.10. The molecule has 1 amide bonds. The number of carbonyl (C=O) groups is 1. The van der Waals surface area contributed by atoms with Crippen LogP contribution in [0, 0.1) is 11.3 Å². The summed E-state index contributed by atoms with van der Waals surface area (Å²) >= 11 is 12.1. The van der Waals surface area contributed by atoms with E-state index in [0.717, 1.165) is 0 Å². The molecule has 0 bridgehead atoms. The largest absolute Gasteiger partial charge is 0.339 e. The minimum absolute atomic E-state index is 0.276. The maximum Gasteiger partial charge on any atom is 0.255 e. The van der Waals surface area contributed by atoms with Gasteiger partial charge in [0.05, 0.1) is 27.0 Å². The molecule has 3 rings (SSSR count). The summed E-state index contributed by atoms with van der Waals surface area (Å²) in [7, 11) is 0. The van der Waals surface area contributed by atoms with Crippen LogP contribution in [0.5, 0.6) is 0 Å². The predicted molar refractivity (Wildman–Crippen MR) is 103 cm³/mol. The molecule has 3 aromatic rings. The number of rotatable bonds is 4. The number of nitrogens with zero attached hydrogens (tertiary/aromatic N) is 2. The maximum absolute atomic E-state index is 12.5. The molecule has 0 unspecified atom stereocenters. The second kappa shape index (κ2) is 7.87. The summed E-state index contributed by atoms with van der Waals surface area (Å²) in [4.78, 5) is 16.7. The van der Waals surface area contributed by atoms with Crippen LogP contribution in [-0.2, 0) is 0 Å². The summed E-state index contributed by atoms with van der Waals surface area (Å²) in [6, 6.07) is 17.3. The number of hydrogen-bond acceptors (Lipinski definition) is 4. The van der Waals surface area contributed by atoms with Gasteiger partial charge in [-0.3, -0.25) is 4.79 Å². The molecule has 0 aliphatic heterocycles.